The predicted molar refractivity (Wildman–Crippen MR) is 92.5 cm³/mol. The second-order valence-electron chi connectivity index (χ2n) is 6.41. The van der Waals surface area contributed by atoms with Crippen LogP contribution in [-0.4, -0.2) is 37.1 Å². The standard InChI is InChI=1S/C17H26Cl2N2/c1-13(2)12-21-9-6-16(7-10-21)20-8-5-14-3-4-15(18)11-17(14)19/h3-4,11,13,16,20H,5-10,12H2,1-2H3. The number of hydrogen-bond donors (Lipinski definition) is 1. The van der Waals surface area contributed by atoms with Crippen LogP contribution in [0.3, 0.4) is 0 Å². The maximum absolute atomic E-state index is 6.20. The third-order valence-electron chi connectivity index (χ3n) is 4.05. The third-order valence-corrected chi connectivity index (χ3v) is 4.64. The van der Waals surface area contributed by atoms with E-state index in [1.165, 1.54) is 38.0 Å². The Balaban J connectivity index is 1.68. The van der Waals surface area contributed by atoms with E-state index in [0.29, 0.717) is 11.1 Å². The normalized spacial score (nSPS) is 17.6. The second-order valence-corrected chi connectivity index (χ2v) is 7.25. The zero-order valence-electron chi connectivity index (χ0n) is 13.0. The minimum Gasteiger partial charge on any atom is -0.314 e. The molecule has 1 aliphatic rings. The molecular weight excluding hydrogens is 303 g/mol. The van der Waals surface area contributed by atoms with Crippen LogP contribution in [-0.2, 0) is 6.42 Å². The van der Waals surface area contributed by atoms with Crippen molar-refractivity contribution < 1.29 is 0 Å². The van der Waals surface area contributed by atoms with Crippen LogP contribution in [0.4, 0.5) is 0 Å². The molecule has 1 saturated heterocycles. The fourth-order valence-electron chi connectivity index (χ4n) is 2.97. The minimum atomic E-state index is 0.652. The zero-order chi connectivity index (χ0) is 15.2. The highest BCUT2D eigenvalue weighted by molar-refractivity contribution is 6.35. The quantitative estimate of drug-likeness (QED) is 0.839. The summed E-state index contributed by atoms with van der Waals surface area (Å²) in [6.45, 7) is 9.23. The highest BCUT2D eigenvalue weighted by Gasteiger charge is 2.18. The van der Waals surface area contributed by atoms with Crippen molar-refractivity contribution in [2.45, 2.75) is 39.2 Å². The van der Waals surface area contributed by atoms with E-state index in [0.717, 1.165) is 23.9 Å². The summed E-state index contributed by atoms with van der Waals surface area (Å²) in [4.78, 5) is 2.58. The molecule has 0 saturated carbocycles. The summed E-state index contributed by atoms with van der Waals surface area (Å²) in [6, 6.07) is 6.41. The predicted octanol–water partition coefficient (Wildman–Crippen LogP) is 4.25. The summed E-state index contributed by atoms with van der Waals surface area (Å²) in [5.41, 5.74) is 1.17. The molecule has 1 aliphatic heterocycles. The average molecular weight is 329 g/mol. The van der Waals surface area contributed by atoms with Crippen molar-refractivity contribution in [3.8, 4) is 0 Å². The fourth-order valence-corrected chi connectivity index (χ4v) is 3.47. The van der Waals surface area contributed by atoms with Crippen LogP contribution >= 0.6 is 23.2 Å². The van der Waals surface area contributed by atoms with E-state index in [2.05, 4.69) is 24.1 Å². The first-order chi connectivity index (χ1) is 10.0. The lowest BCUT2D eigenvalue weighted by Crippen LogP contribution is -2.44. The van der Waals surface area contributed by atoms with Gasteiger partial charge in [0.25, 0.3) is 0 Å². The Morgan fingerprint density at radius 3 is 2.57 bits per heavy atom. The van der Waals surface area contributed by atoms with Gasteiger partial charge in [-0.3, -0.25) is 0 Å². The van der Waals surface area contributed by atoms with Gasteiger partial charge in [-0.1, -0.05) is 43.1 Å². The van der Waals surface area contributed by atoms with Crippen molar-refractivity contribution in [3.63, 3.8) is 0 Å². The first kappa shape index (κ1) is 17.1. The average Bonchev–Trinajstić information content (AvgIpc) is 2.42. The van der Waals surface area contributed by atoms with Gasteiger partial charge in [0.05, 0.1) is 0 Å². The molecule has 0 radical (unpaired) electrons. The van der Waals surface area contributed by atoms with Crippen molar-refractivity contribution >= 4 is 23.2 Å². The van der Waals surface area contributed by atoms with Crippen LogP contribution in [0.25, 0.3) is 0 Å². The number of likely N-dealkylation sites (tertiary alicyclic amines) is 1. The lowest BCUT2D eigenvalue weighted by atomic mass is 10.0. The van der Waals surface area contributed by atoms with Gasteiger partial charge in [-0.2, -0.15) is 0 Å². The van der Waals surface area contributed by atoms with Gasteiger partial charge in [0, 0.05) is 22.6 Å². The summed E-state index contributed by atoms with van der Waals surface area (Å²) in [5.74, 6) is 0.765. The van der Waals surface area contributed by atoms with Crippen molar-refractivity contribution in [1.29, 1.82) is 0 Å². The molecule has 1 N–H and O–H groups in total. The van der Waals surface area contributed by atoms with Crippen molar-refractivity contribution in [2.24, 2.45) is 5.92 Å². The van der Waals surface area contributed by atoms with E-state index >= 15 is 0 Å². The van der Waals surface area contributed by atoms with Crippen molar-refractivity contribution in [1.82, 2.24) is 10.2 Å². The molecule has 0 atom stereocenters. The van der Waals surface area contributed by atoms with Crippen LogP contribution in [0.5, 0.6) is 0 Å². The molecule has 21 heavy (non-hydrogen) atoms. The Kier molecular flexibility index (Phi) is 6.81. The Morgan fingerprint density at radius 2 is 1.95 bits per heavy atom. The molecule has 1 aromatic rings. The number of nitrogens with one attached hydrogen (secondary N) is 1. The summed E-state index contributed by atoms with van der Waals surface area (Å²) < 4.78 is 0. The molecule has 1 aromatic carbocycles. The molecule has 0 aliphatic carbocycles. The Morgan fingerprint density at radius 1 is 1.24 bits per heavy atom. The fraction of sp³-hybridized carbons (Fsp3) is 0.647. The molecule has 0 unspecified atom stereocenters. The Hall–Kier alpha value is -0.280. The first-order valence-electron chi connectivity index (χ1n) is 7.94. The van der Waals surface area contributed by atoms with E-state index in [1.807, 2.05) is 18.2 Å². The molecule has 4 heteroatoms. The highest BCUT2D eigenvalue weighted by Crippen LogP contribution is 2.21. The largest absolute Gasteiger partial charge is 0.314 e. The van der Waals surface area contributed by atoms with Gasteiger partial charge >= 0.3 is 0 Å². The van der Waals surface area contributed by atoms with Gasteiger partial charge in [-0.15, -0.1) is 0 Å². The van der Waals surface area contributed by atoms with Crippen molar-refractivity contribution in [3.05, 3.63) is 33.8 Å². The molecular formula is C17H26Cl2N2. The van der Waals surface area contributed by atoms with Gasteiger partial charge < -0.3 is 10.2 Å². The third kappa shape index (κ3) is 5.78. The second kappa shape index (κ2) is 8.38. The molecule has 1 heterocycles. The molecule has 118 valence electrons. The van der Waals surface area contributed by atoms with Crippen LogP contribution in [0.15, 0.2) is 18.2 Å². The topological polar surface area (TPSA) is 15.3 Å². The number of hydrogen-bond acceptors (Lipinski definition) is 2. The Bertz CT molecular complexity index is 440. The number of benzene rings is 1. The van der Waals surface area contributed by atoms with Gasteiger partial charge in [-0.25, -0.2) is 0 Å². The van der Waals surface area contributed by atoms with Crippen LogP contribution < -0.4 is 5.32 Å². The van der Waals surface area contributed by atoms with E-state index in [9.17, 15) is 0 Å². The number of piperidine rings is 1. The molecule has 0 amide bonds. The summed E-state index contributed by atoms with van der Waals surface area (Å²) in [7, 11) is 0. The maximum Gasteiger partial charge on any atom is 0.0453 e. The summed E-state index contributed by atoms with van der Waals surface area (Å²) >= 11 is 12.1. The Labute approximate surface area is 138 Å². The van der Waals surface area contributed by atoms with Gasteiger partial charge in [0.15, 0.2) is 0 Å². The van der Waals surface area contributed by atoms with E-state index in [4.69, 9.17) is 23.2 Å². The monoisotopic (exact) mass is 328 g/mol. The molecule has 0 spiro atoms. The van der Waals surface area contributed by atoms with Crippen LogP contribution in [0, 0.1) is 5.92 Å². The number of halogens is 2. The lowest BCUT2D eigenvalue weighted by molar-refractivity contribution is 0.180. The highest BCUT2D eigenvalue weighted by atomic mass is 35.5. The number of nitrogens with zero attached hydrogens (tertiary/aromatic N) is 1. The van der Waals surface area contributed by atoms with Crippen LogP contribution in [0.1, 0.15) is 32.3 Å². The maximum atomic E-state index is 6.20. The molecule has 1 fully saturated rings. The SMILES string of the molecule is CC(C)CN1CCC(NCCc2ccc(Cl)cc2Cl)CC1. The number of rotatable bonds is 6. The summed E-state index contributed by atoms with van der Waals surface area (Å²) in [6.07, 6.45) is 3.46. The molecule has 0 aromatic heterocycles. The van der Waals surface area contributed by atoms with Gasteiger partial charge in [0.1, 0.15) is 0 Å². The smallest absolute Gasteiger partial charge is 0.0453 e. The van der Waals surface area contributed by atoms with E-state index in [-0.39, 0.29) is 0 Å². The van der Waals surface area contributed by atoms with Crippen LogP contribution in [0.2, 0.25) is 10.0 Å². The van der Waals surface area contributed by atoms with Crippen molar-refractivity contribution in [2.75, 3.05) is 26.2 Å². The molecule has 0 bridgehead atoms. The van der Waals surface area contributed by atoms with Gasteiger partial charge in [0.2, 0.25) is 0 Å². The van der Waals surface area contributed by atoms with E-state index in [1.54, 1.807) is 0 Å². The lowest BCUT2D eigenvalue weighted by Gasteiger charge is -2.33. The first-order valence-corrected chi connectivity index (χ1v) is 8.70. The minimum absolute atomic E-state index is 0.652. The van der Waals surface area contributed by atoms with E-state index < -0.39 is 0 Å². The zero-order valence-corrected chi connectivity index (χ0v) is 14.6. The molecule has 2 nitrogen and oxygen atoms in total. The van der Waals surface area contributed by atoms with Gasteiger partial charge in [-0.05, 0) is 62.5 Å². The molecule has 2 rings (SSSR count). The summed E-state index contributed by atoms with van der Waals surface area (Å²) in [5, 5.41) is 5.14.